The van der Waals surface area contributed by atoms with E-state index in [0.29, 0.717) is 0 Å². The number of rotatable bonds is 10. The fourth-order valence-corrected chi connectivity index (χ4v) is 85.9. The molecule has 0 aromatic rings. The van der Waals surface area contributed by atoms with Crippen molar-refractivity contribution >= 4 is 29.8 Å². The van der Waals surface area contributed by atoms with Crippen LogP contribution in [-0.4, -0.2) is 60.7 Å². The first-order chi connectivity index (χ1) is 20.1. The summed E-state index contributed by atoms with van der Waals surface area (Å²) >= 11 is -21.9. The molecule has 0 bridgehead atoms. The number of hydrogen-bond acceptors (Lipinski definition) is 10. The third-order valence-corrected chi connectivity index (χ3v) is 76.8. The molecule has 0 aliphatic heterocycles. The van der Waals surface area contributed by atoms with E-state index in [2.05, 4.69) is 13.2 Å². The summed E-state index contributed by atoms with van der Waals surface area (Å²) in [6.07, 6.45) is -28.7. The van der Waals surface area contributed by atoms with Crippen molar-refractivity contribution in [2.75, 3.05) is 0 Å². The van der Waals surface area contributed by atoms with Crippen molar-refractivity contribution in [2.24, 2.45) is 0 Å². The van der Waals surface area contributed by atoms with Gasteiger partial charge in [-0.3, -0.25) is 0 Å². The fraction of sp³-hybridized carbons (Fsp3) is 0.400. The van der Waals surface area contributed by atoms with E-state index in [1.54, 1.807) is 0 Å². The van der Waals surface area contributed by atoms with Crippen molar-refractivity contribution in [1.29, 1.82) is 0 Å². The predicted octanol–water partition coefficient (Wildman–Crippen LogP) is 3.73. The molecular weight excluding hydrogens is 1630 g/mol. The monoisotopic (exact) mass is 1640 g/mol. The van der Waals surface area contributed by atoms with Gasteiger partial charge >= 0.3 is 305 Å². The van der Waals surface area contributed by atoms with Gasteiger partial charge in [-0.25, -0.2) is 0 Å². The summed E-state index contributed by atoms with van der Waals surface area (Å²) in [5.74, 6) is -14.7. The van der Waals surface area contributed by atoms with Crippen molar-refractivity contribution in [3.63, 3.8) is 0 Å². The van der Waals surface area contributed by atoms with Gasteiger partial charge in [-0.1, -0.05) is 0 Å². The fourth-order valence-electron chi connectivity index (χ4n) is 3.08. The van der Waals surface area contributed by atoms with Crippen molar-refractivity contribution < 1.29 is 228 Å². The molecule has 1 aliphatic rings. The van der Waals surface area contributed by atoms with Crippen LogP contribution in [0.1, 0.15) is 0 Å². The second-order valence-corrected chi connectivity index (χ2v) is 33.9. The first-order valence-electron chi connectivity index (χ1n) is 10.7. The topological polar surface area (TPSA) is 132 Å². The minimum atomic E-state index is -5.74. The van der Waals surface area contributed by atoms with Crippen LogP contribution in [-0.2, 0) is 162 Å². The zero-order chi connectivity index (χ0) is 35.3. The van der Waals surface area contributed by atoms with Crippen molar-refractivity contribution in [3.8, 4) is 0 Å². The van der Waals surface area contributed by atoms with Crippen LogP contribution in [0.2, 0.25) is 3.43 Å². The molecule has 0 radical (unpaired) electrons. The van der Waals surface area contributed by atoms with E-state index in [1.165, 1.54) is 0 Å². The molecule has 0 heterocycles. The Morgan fingerprint density at radius 2 is 0.622 bits per heavy atom. The normalized spacial score (nSPS) is 14.3. The first-order valence-corrected chi connectivity index (χ1v) is 36.1. The van der Waals surface area contributed by atoms with Crippen molar-refractivity contribution in [3.05, 3.63) is 12.3 Å². The minimum absolute atomic E-state index is 0.767. The molecule has 0 amide bonds. The molecule has 0 unspecified atom stereocenters. The Hall–Kier alpha value is 0.455. The summed E-state index contributed by atoms with van der Waals surface area (Å²) in [5.41, 5.74) is 0. The average Bonchev–Trinajstić information content (AvgIpc) is 3.13. The Kier molecular flexibility index (Phi) is 16.3. The van der Waals surface area contributed by atoms with Crippen LogP contribution in [0.4, 0.5) is 65.9 Å². The predicted molar refractivity (Wildman–Crippen MR) is 78.5 cm³/mol. The maximum atomic E-state index is 12.8. The summed E-state index contributed by atoms with van der Waals surface area (Å²) < 4.78 is 207. The molecule has 0 atom stereocenters. The summed E-state index contributed by atoms with van der Waals surface area (Å²) in [5, 5.41) is 0. The van der Waals surface area contributed by atoms with Gasteiger partial charge in [0.2, 0.25) is 0 Å². The number of hydrogen-bond donors (Lipinski definition) is 0. The molecule has 0 N–H and O–H groups in total. The standard InChI is InChI=1S/C5H.5C2HF3O2.5Hg/c1-2-4-5-3-1;5*3-2(4,5)1(6)7;;;;;/h1H;5*(H,6,7);;;;;/q;;;;;;5*+1/p-5. The summed E-state index contributed by atoms with van der Waals surface area (Å²) in [6.45, 7) is 0. The van der Waals surface area contributed by atoms with Crippen LogP contribution < -0.4 is 0 Å². The molecular formula is C15HF15Hg5O10. The van der Waals surface area contributed by atoms with E-state index >= 15 is 0 Å². The van der Waals surface area contributed by atoms with Crippen LogP contribution in [0.25, 0.3) is 0 Å². The van der Waals surface area contributed by atoms with Gasteiger partial charge in [0.05, 0.1) is 0 Å². The molecule has 1 rings (SSSR count). The quantitative estimate of drug-likeness (QED) is 0.236. The molecule has 0 aromatic heterocycles. The molecule has 0 aromatic carbocycles. The zero-order valence-electron chi connectivity index (χ0n) is 20.9. The average molecular weight is 1630 g/mol. The Bertz CT molecular complexity index is 1170. The molecule has 10 nitrogen and oxygen atoms in total. The number of halogens is 15. The second-order valence-electron chi connectivity index (χ2n) is 7.95. The van der Waals surface area contributed by atoms with Gasteiger partial charge in [-0.2, -0.15) is 0 Å². The van der Waals surface area contributed by atoms with Crippen LogP contribution in [0.15, 0.2) is 12.3 Å². The van der Waals surface area contributed by atoms with Crippen LogP contribution in [0, 0.1) is 0 Å². The van der Waals surface area contributed by atoms with Gasteiger partial charge in [-0.15, -0.1) is 0 Å². The summed E-state index contributed by atoms with van der Waals surface area (Å²) in [6, 6.07) is 0. The SMILES string of the molecule is O=C([O][Hg][C]1=[C]([Hg][O]C(=O)C(F)(F)F)[CH]([Hg][O]C(=O)C(F)(F)F)[C]([Hg][O]C(=O)C(F)(F)F)=[C]1[Hg][O]C(=O)C(F)(F)F)C(F)(F)F. The van der Waals surface area contributed by atoms with Crippen molar-refractivity contribution in [1.82, 2.24) is 0 Å². The van der Waals surface area contributed by atoms with E-state index < -0.39 is 202 Å². The molecule has 1 aliphatic carbocycles. The van der Waals surface area contributed by atoms with E-state index in [9.17, 15) is 89.8 Å². The zero-order valence-corrected chi connectivity index (χ0v) is 48.4. The Balaban J connectivity index is 3.86. The third-order valence-electron chi connectivity index (χ3n) is 4.93. The van der Waals surface area contributed by atoms with Gasteiger partial charge in [0.15, 0.2) is 0 Å². The van der Waals surface area contributed by atoms with Crippen molar-refractivity contribution in [2.45, 2.75) is 34.3 Å². The molecule has 0 fully saturated rings. The molecule has 0 spiro atoms. The second kappa shape index (κ2) is 16.9. The first kappa shape index (κ1) is 43.5. The van der Waals surface area contributed by atoms with Gasteiger partial charge in [0.25, 0.3) is 0 Å². The van der Waals surface area contributed by atoms with E-state index in [0.717, 1.165) is 0 Å². The van der Waals surface area contributed by atoms with Crippen LogP contribution in [0.5, 0.6) is 0 Å². The molecule has 30 heteroatoms. The molecule has 236 valence electrons. The van der Waals surface area contributed by atoms with Gasteiger partial charge in [-0.05, 0) is 0 Å². The number of allylic oxidation sites excluding steroid dienone is 4. The number of carbonyl (C=O) groups excluding carboxylic acids is 5. The Labute approximate surface area is 300 Å². The third kappa shape index (κ3) is 14.1. The molecule has 0 saturated heterocycles. The van der Waals surface area contributed by atoms with Crippen LogP contribution >= 0.6 is 0 Å². The summed E-state index contributed by atoms with van der Waals surface area (Å²) in [7, 11) is 0. The number of carbonyl (C=O) groups is 5. The Morgan fingerprint density at radius 3 is 0.867 bits per heavy atom. The van der Waals surface area contributed by atoms with Crippen LogP contribution in [0.3, 0.4) is 0 Å². The molecule has 45 heavy (non-hydrogen) atoms. The maximum absolute atomic E-state index is 12.8. The Morgan fingerprint density at radius 1 is 0.400 bits per heavy atom. The van der Waals surface area contributed by atoms with E-state index in [-0.39, 0.29) is 0 Å². The molecule has 0 saturated carbocycles. The summed E-state index contributed by atoms with van der Waals surface area (Å²) in [4.78, 5) is 56.6. The van der Waals surface area contributed by atoms with Gasteiger partial charge in [0, 0.05) is 0 Å². The van der Waals surface area contributed by atoms with E-state index in [4.69, 9.17) is 0 Å². The van der Waals surface area contributed by atoms with Gasteiger partial charge in [0.1, 0.15) is 0 Å². The number of alkyl halides is 15. The van der Waals surface area contributed by atoms with E-state index in [1.807, 2.05) is 0 Å². The van der Waals surface area contributed by atoms with Gasteiger partial charge < -0.3 is 0 Å².